The van der Waals surface area contributed by atoms with E-state index in [0.29, 0.717) is 17.3 Å². The number of nitrogens with zero attached hydrogens (tertiary/aromatic N) is 4. The van der Waals surface area contributed by atoms with Crippen molar-refractivity contribution < 1.29 is 9.53 Å². The molecule has 0 atom stereocenters. The van der Waals surface area contributed by atoms with Crippen LogP contribution in [0.5, 0.6) is 5.75 Å². The van der Waals surface area contributed by atoms with Crippen LogP contribution in [-0.2, 0) is 4.79 Å². The summed E-state index contributed by atoms with van der Waals surface area (Å²) in [5, 5.41) is 12.3. The van der Waals surface area contributed by atoms with Crippen molar-refractivity contribution in [2.75, 3.05) is 17.7 Å². The summed E-state index contributed by atoms with van der Waals surface area (Å²) < 4.78 is 7.47. The van der Waals surface area contributed by atoms with Crippen LogP contribution in [0.15, 0.2) is 53.6 Å². The summed E-state index contributed by atoms with van der Waals surface area (Å²) in [7, 11) is 0. The predicted octanol–water partition coefficient (Wildman–Crippen LogP) is 4.53. The molecule has 1 amide bonds. The van der Waals surface area contributed by atoms with Crippen molar-refractivity contribution >= 4 is 40.0 Å². The first-order valence-electron chi connectivity index (χ1n) is 9.86. The van der Waals surface area contributed by atoms with Gasteiger partial charge in [-0.2, -0.15) is 0 Å². The molecule has 2 aromatic heterocycles. The number of rotatable bonds is 7. The van der Waals surface area contributed by atoms with Gasteiger partial charge in [-0.05, 0) is 43.3 Å². The highest BCUT2D eigenvalue weighted by Gasteiger charge is 2.18. The standard InChI is InChI=1S/C22H23N5O2S/c1-4-29-16-11-9-15(10-12-16)23-19(28)13-30-22-21-26-25-20(14(2)3)27(21)18-8-6-5-7-17(18)24-22/h5-12,14H,4,13H2,1-3H3,(H,23,28). The zero-order valence-electron chi connectivity index (χ0n) is 17.1. The third-order valence-corrected chi connectivity index (χ3v) is 5.48. The van der Waals surface area contributed by atoms with Crippen LogP contribution in [0.1, 0.15) is 32.5 Å². The maximum Gasteiger partial charge on any atom is 0.234 e. The van der Waals surface area contributed by atoms with Crippen LogP contribution in [0, 0.1) is 0 Å². The number of carbonyl (C=O) groups excluding carboxylic acids is 1. The van der Waals surface area contributed by atoms with Gasteiger partial charge in [-0.25, -0.2) is 4.98 Å². The highest BCUT2D eigenvalue weighted by atomic mass is 32.2. The van der Waals surface area contributed by atoms with E-state index in [2.05, 4.69) is 29.4 Å². The van der Waals surface area contributed by atoms with Crippen LogP contribution in [0.2, 0.25) is 0 Å². The van der Waals surface area contributed by atoms with Gasteiger partial charge >= 0.3 is 0 Å². The molecule has 0 aliphatic carbocycles. The van der Waals surface area contributed by atoms with Crippen molar-refractivity contribution in [1.82, 2.24) is 19.6 Å². The van der Waals surface area contributed by atoms with Gasteiger partial charge in [0.2, 0.25) is 5.91 Å². The molecule has 0 spiro atoms. The average molecular weight is 422 g/mol. The highest BCUT2D eigenvalue weighted by molar-refractivity contribution is 8.00. The fourth-order valence-electron chi connectivity index (χ4n) is 3.18. The summed E-state index contributed by atoms with van der Waals surface area (Å²) in [5.74, 6) is 1.98. The molecule has 0 saturated heterocycles. The molecule has 0 fully saturated rings. The lowest BCUT2D eigenvalue weighted by Crippen LogP contribution is -2.14. The molecule has 0 aliphatic rings. The van der Waals surface area contributed by atoms with E-state index in [1.807, 2.05) is 59.9 Å². The first kappa shape index (κ1) is 20.2. The van der Waals surface area contributed by atoms with Crippen molar-refractivity contribution in [3.05, 3.63) is 54.4 Å². The van der Waals surface area contributed by atoms with Crippen molar-refractivity contribution in [3.63, 3.8) is 0 Å². The second kappa shape index (κ2) is 8.71. The fourth-order valence-corrected chi connectivity index (χ4v) is 3.95. The van der Waals surface area contributed by atoms with Gasteiger partial charge in [-0.3, -0.25) is 9.20 Å². The first-order chi connectivity index (χ1) is 14.6. The number of amides is 1. The first-order valence-corrected chi connectivity index (χ1v) is 10.8. The molecule has 4 rings (SSSR count). The lowest BCUT2D eigenvalue weighted by atomic mass is 10.2. The molecule has 30 heavy (non-hydrogen) atoms. The van der Waals surface area contributed by atoms with Crippen molar-refractivity contribution in [3.8, 4) is 5.75 Å². The number of hydrogen-bond acceptors (Lipinski definition) is 6. The van der Waals surface area contributed by atoms with Crippen LogP contribution >= 0.6 is 11.8 Å². The summed E-state index contributed by atoms with van der Waals surface area (Å²) >= 11 is 1.36. The molecular formula is C22H23N5O2S. The van der Waals surface area contributed by atoms with Crippen LogP contribution in [0.25, 0.3) is 16.7 Å². The Bertz CT molecular complexity index is 1190. The van der Waals surface area contributed by atoms with E-state index in [9.17, 15) is 4.79 Å². The maximum absolute atomic E-state index is 12.5. The second-order valence-corrected chi connectivity index (χ2v) is 8.04. The molecule has 4 aromatic rings. The number of ether oxygens (including phenoxy) is 1. The summed E-state index contributed by atoms with van der Waals surface area (Å²) in [5.41, 5.74) is 3.21. The van der Waals surface area contributed by atoms with Gasteiger partial charge in [-0.15, -0.1) is 10.2 Å². The maximum atomic E-state index is 12.5. The molecule has 0 bridgehead atoms. The average Bonchev–Trinajstić information content (AvgIpc) is 3.20. The predicted molar refractivity (Wildman–Crippen MR) is 119 cm³/mol. The van der Waals surface area contributed by atoms with E-state index in [-0.39, 0.29) is 17.6 Å². The van der Waals surface area contributed by atoms with E-state index in [0.717, 1.165) is 28.3 Å². The largest absolute Gasteiger partial charge is 0.494 e. The molecule has 0 saturated carbocycles. The minimum atomic E-state index is -0.110. The van der Waals surface area contributed by atoms with Gasteiger partial charge in [0.1, 0.15) is 16.6 Å². The molecule has 2 heterocycles. The molecule has 2 aromatic carbocycles. The quantitative estimate of drug-likeness (QED) is 0.442. The van der Waals surface area contributed by atoms with Gasteiger partial charge in [0.15, 0.2) is 5.65 Å². The Balaban J connectivity index is 1.55. The number of carbonyl (C=O) groups is 1. The summed E-state index contributed by atoms with van der Waals surface area (Å²) in [6.07, 6.45) is 0. The van der Waals surface area contributed by atoms with Crippen LogP contribution in [0.4, 0.5) is 5.69 Å². The SMILES string of the molecule is CCOc1ccc(NC(=O)CSc2nc3ccccc3n3c(C(C)C)nnc23)cc1. The Morgan fingerprint density at radius 2 is 1.90 bits per heavy atom. The third-order valence-electron chi connectivity index (χ3n) is 4.53. The van der Waals surface area contributed by atoms with Gasteiger partial charge in [0.25, 0.3) is 0 Å². The topological polar surface area (TPSA) is 81.4 Å². The number of nitrogens with one attached hydrogen (secondary N) is 1. The van der Waals surface area contributed by atoms with Crippen molar-refractivity contribution in [2.24, 2.45) is 0 Å². The summed E-state index contributed by atoms with van der Waals surface area (Å²) in [6.45, 7) is 6.71. The van der Waals surface area contributed by atoms with E-state index in [1.54, 1.807) is 0 Å². The van der Waals surface area contributed by atoms with E-state index < -0.39 is 0 Å². The molecular weight excluding hydrogens is 398 g/mol. The number of fused-ring (bicyclic) bond motifs is 3. The Labute approximate surface area is 178 Å². The number of hydrogen-bond donors (Lipinski definition) is 1. The van der Waals surface area contributed by atoms with Gasteiger partial charge < -0.3 is 10.1 Å². The lowest BCUT2D eigenvalue weighted by Gasteiger charge is -2.10. The van der Waals surface area contributed by atoms with Crippen molar-refractivity contribution in [2.45, 2.75) is 31.7 Å². The van der Waals surface area contributed by atoms with E-state index >= 15 is 0 Å². The van der Waals surface area contributed by atoms with Crippen LogP contribution in [0.3, 0.4) is 0 Å². The number of anilines is 1. The molecule has 8 heteroatoms. The molecule has 0 radical (unpaired) electrons. The molecule has 0 aliphatic heterocycles. The second-order valence-electron chi connectivity index (χ2n) is 7.07. The molecule has 154 valence electrons. The smallest absolute Gasteiger partial charge is 0.234 e. The normalized spacial score (nSPS) is 11.3. The highest BCUT2D eigenvalue weighted by Crippen LogP contribution is 2.28. The summed E-state index contributed by atoms with van der Waals surface area (Å²) in [4.78, 5) is 17.2. The van der Waals surface area contributed by atoms with Crippen LogP contribution < -0.4 is 10.1 Å². The summed E-state index contributed by atoms with van der Waals surface area (Å²) in [6, 6.07) is 15.2. The zero-order valence-corrected chi connectivity index (χ0v) is 17.9. The lowest BCUT2D eigenvalue weighted by molar-refractivity contribution is -0.113. The minimum Gasteiger partial charge on any atom is -0.494 e. The van der Waals surface area contributed by atoms with E-state index in [1.165, 1.54) is 11.8 Å². The number of benzene rings is 2. The molecule has 7 nitrogen and oxygen atoms in total. The number of para-hydroxylation sites is 2. The molecule has 0 unspecified atom stereocenters. The number of thioether (sulfide) groups is 1. The van der Waals surface area contributed by atoms with Gasteiger partial charge in [-0.1, -0.05) is 37.7 Å². The van der Waals surface area contributed by atoms with Gasteiger partial charge in [0.05, 0.1) is 23.4 Å². The van der Waals surface area contributed by atoms with Crippen LogP contribution in [-0.4, -0.2) is 37.8 Å². The monoisotopic (exact) mass is 421 g/mol. The Hall–Kier alpha value is -3.13. The number of aromatic nitrogens is 4. The fraction of sp³-hybridized carbons (Fsp3) is 0.273. The molecule has 1 N–H and O–H groups in total. The zero-order chi connectivity index (χ0) is 21.1. The Morgan fingerprint density at radius 3 is 2.63 bits per heavy atom. The van der Waals surface area contributed by atoms with Crippen molar-refractivity contribution in [1.29, 1.82) is 0 Å². The third kappa shape index (κ3) is 4.09. The minimum absolute atomic E-state index is 0.110. The van der Waals surface area contributed by atoms with Gasteiger partial charge in [0, 0.05) is 11.6 Å². The Kier molecular flexibility index (Phi) is 5.85. The van der Waals surface area contributed by atoms with E-state index in [4.69, 9.17) is 9.72 Å². The Morgan fingerprint density at radius 1 is 1.13 bits per heavy atom.